The van der Waals surface area contributed by atoms with E-state index in [1.807, 2.05) is 12.2 Å². The van der Waals surface area contributed by atoms with Gasteiger partial charge in [-0.25, -0.2) is 0 Å². The molecule has 17 heavy (non-hydrogen) atoms. The van der Waals surface area contributed by atoms with Crippen molar-refractivity contribution in [3.8, 4) is 0 Å². The molecule has 1 aliphatic carbocycles. The minimum absolute atomic E-state index is 0.153. The Hall–Kier alpha value is -1.25. The van der Waals surface area contributed by atoms with E-state index >= 15 is 0 Å². The summed E-state index contributed by atoms with van der Waals surface area (Å²) in [6, 6.07) is 0. The Balaban J connectivity index is 2.57. The molecule has 1 aliphatic rings. The van der Waals surface area contributed by atoms with Gasteiger partial charge in [0.2, 0.25) is 0 Å². The second-order valence-electron chi connectivity index (χ2n) is 4.30. The highest BCUT2D eigenvalue weighted by Crippen LogP contribution is 2.26. The molecule has 1 rings (SSSR count). The molecule has 0 heterocycles. The summed E-state index contributed by atoms with van der Waals surface area (Å²) in [5.41, 5.74) is 2.16. The van der Waals surface area contributed by atoms with Gasteiger partial charge in [0.1, 0.15) is 11.4 Å². The molecule has 0 saturated heterocycles. The van der Waals surface area contributed by atoms with Crippen LogP contribution < -0.4 is 0 Å². The Morgan fingerprint density at radius 2 is 2.12 bits per heavy atom. The maximum Gasteiger partial charge on any atom is 0.193 e. The number of hydrogen-bond acceptors (Lipinski definition) is 2. The quantitative estimate of drug-likeness (QED) is 0.383. The summed E-state index contributed by atoms with van der Waals surface area (Å²) in [5.74, 6) is 0.952. The summed E-state index contributed by atoms with van der Waals surface area (Å²) >= 11 is 0. The van der Waals surface area contributed by atoms with Crippen LogP contribution in [0.15, 0.2) is 35.1 Å². The number of allylic oxidation sites excluding steroid dienone is 5. The van der Waals surface area contributed by atoms with Crippen molar-refractivity contribution in [2.24, 2.45) is 0 Å². The third-order valence-corrected chi connectivity index (χ3v) is 2.78. The fourth-order valence-corrected chi connectivity index (χ4v) is 1.73. The molecule has 0 atom stereocenters. The van der Waals surface area contributed by atoms with Crippen LogP contribution in [0.4, 0.5) is 0 Å². The van der Waals surface area contributed by atoms with Crippen LogP contribution in [0.25, 0.3) is 0 Å². The topological polar surface area (TPSA) is 26.3 Å². The second-order valence-corrected chi connectivity index (χ2v) is 4.30. The second kappa shape index (κ2) is 7.15. The van der Waals surface area contributed by atoms with Gasteiger partial charge < -0.3 is 9.53 Å². The van der Waals surface area contributed by atoms with Crippen LogP contribution in [0.3, 0.4) is 0 Å². The first-order valence-electron chi connectivity index (χ1n) is 6.43. The van der Waals surface area contributed by atoms with E-state index in [4.69, 9.17) is 4.74 Å². The van der Waals surface area contributed by atoms with Crippen LogP contribution in [-0.2, 0) is 9.53 Å². The van der Waals surface area contributed by atoms with Gasteiger partial charge >= 0.3 is 0 Å². The summed E-state index contributed by atoms with van der Waals surface area (Å²) in [6.07, 6.45) is 9.88. The molecule has 0 unspecified atom stereocenters. The standard InChI is InChI=1S/C14H21BO2/c1-3-5-9-17-13(6-4-2)11-7-8-12(10-11)14(15)16/h6-8H,3-5,9-10,15H2,1-2H3/b13-6-. The molecule has 0 aliphatic heterocycles. The lowest BCUT2D eigenvalue weighted by Crippen LogP contribution is -2.02. The lowest BCUT2D eigenvalue weighted by molar-refractivity contribution is -0.108. The van der Waals surface area contributed by atoms with Gasteiger partial charge in [0, 0.05) is 6.42 Å². The average Bonchev–Trinajstić information content (AvgIpc) is 2.77. The smallest absolute Gasteiger partial charge is 0.193 e. The lowest BCUT2D eigenvalue weighted by Gasteiger charge is -2.12. The van der Waals surface area contributed by atoms with Crippen LogP contribution in [0.5, 0.6) is 0 Å². The number of ether oxygens (including phenoxy) is 1. The Labute approximate surface area is 105 Å². The van der Waals surface area contributed by atoms with Crippen LogP contribution >= 0.6 is 0 Å². The molecule has 0 aromatic rings. The van der Waals surface area contributed by atoms with E-state index in [-0.39, 0.29) is 5.68 Å². The van der Waals surface area contributed by atoms with E-state index in [1.54, 1.807) is 7.85 Å². The van der Waals surface area contributed by atoms with Crippen molar-refractivity contribution in [2.45, 2.75) is 39.5 Å². The molecule has 0 aromatic heterocycles. The minimum Gasteiger partial charge on any atom is -0.494 e. The van der Waals surface area contributed by atoms with Crippen molar-refractivity contribution >= 4 is 13.5 Å². The normalized spacial score (nSPS) is 15.5. The highest BCUT2D eigenvalue weighted by Gasteiger charge is 2.15. The molecule has 0 N–H and O–H groups in total. The van der Waals surface area contributed by atoms with Crippen LogP contribution in [0.2, 0.25) is 0 Å². The molecule has 0 saturated carbocycles. The van der Waals surface area contributed by atoms with Crippen molar-refractivity contribution in [2.75, 3.05) is 6.61 Å². The van der Waals surface area contributed by atoms with Gasteiger partial charge in [-0.3, -0.25) is 0 Å². The Bertz CT molecular complexity index is 364. The lowest BCUT2D eigenvalue weighted by atomic mass is 9.92. The van der Waals surface area contributed by atoms with Crippen LogP contribution in [0.1, 0.15) is 39.5 Å². The molecule has 0 amide bonds. The molecular weight excluding hydrogens is 211 g/mol. The van der Waals surface area contributed by atoms with Gasteiger partial charge in [0.25, 0.3) is 0 Å². The van der Waals surface area contributed by atoms with Crippen LogP contribution in [-0.4, -0.2) is 20.1 Å². The number of unbranched alkanes of at least 4 members (excludes halogenated alkanes) is 1. The fourth-order valence-electron chi connectivity index (χ4n) is 1.73. The van der Waals surface area contributed by atoms with E-state index in [0.717, 1.165) is 42.8 Å². The Morgan fingerprint density at radius 3 is 2.65 bits per heavy atom. The van der Waals surface area contributed by atoms with Crippen molar-refractivity contribution in [1.82, 2.24) is 0 Å². The number of rotatable bonds is 7. The van der Waals surface area contributed by atoms with E-state index in [0.29, 0.717) is 6.42 Å². The highest BCUT2D eigenvalue weighted by molar-refractivity contribution is 6.62. The number of carbonyl (C=O) groups is 1. The first-order valence-corrected chi connectivity index (χ1v) is 6.43. The predicted octanol–water partition coefficient (Wildman–Crippen LogP) is 2.51. The van der Waals surface area contributed by atoms with Crippen molar-refractivity contribution in [3.63, 3.8) is 0 Å². The zero-order chi connectivity index (χ0) is 12.7. The van der Waals surface area contributed by atoms with Gasteiger partial charge in [0.05, 0.1) is 6.61 Å². The Morgan fingerprint density at radius 1 is 1.41 bits per heavy atom. The number of hydrogen-bond donors (Lipinski definition) is 0. The third kappa shape index (κ3) is 4.25. The molecular formula is C14H21BO2. The third-order valence-electron chi connectivity index (χ3n) is 2.78. The van der Waals surface area contributed by atoms with Gasteiger partial charge in [0.15, 0.2) is 7.85 Å². The largest absolute Gasteiger partial charge is 0.494 e. The molecule has 3 heteroatoms. The van der Waals surface area contributed by atoms with Crippen molar-refractivity contribution in [1.29, 1.82) is 0 Å². The summed E-state index contributed by atoms with van der Waals surface area (Å²) in [4.78, 5) is 11.3. The van der Waals surface area contributed by atoms with Crippen molar-refractivity contribution in [3.05, 3.63) is 35.1 Å². The van der Waals surface area contributed by atoms with Crippen molar-refractivity contribution < 1.29 is 9.53 Å². The Kier molecular flexibility index (Phi) is 5.81. The maximum atomic E-state index is 11.3. The van der Waals surface area contributed by atoms with E-state index in [1.165, 1.54) is 0 Å². The highest BCUT2D eigenvalue weighted by atomic mass is 16.5. The monoisotopic (exact) mass is 232 g/mol. The zero-order valence-corrected chi connectivity index (χ0v) is 11.1. The molecule has 0 bridgehead atoms. The van der Waals surface area contributed by atoms with Gasteiger partial charge in [-0.05, 0) is 30.1 Å². The minimum atomic E-state index is 0.153. The maximum absolute atomic E-state index is 11.3. The van der Waals surface area contributed by atoms with Gasteiger partial charge in [-0.1, -0.05) is 32.4 Å². The summed E-state index contributed by atoms with van der Waals surface area (Å²) in [6.45, 7) is 5.00. The fraction of sp³-hybridized carbons (Fsp3) is 0.500. The molecule has 0 radical (unpaired) electrons. The summed E-state index contributed by atoms with van der Waals surface area (Å²) < 4.78 is 5.78. The SMILES string of the molecule is BC(=O)C1=CC=C(/C(=C/CC)OCCCC)C1. The van der Waals surface area contributed by atoms with E-state index in [2.05, 4.69) is 19.9 Å². The predicted molar refractivity (Wildman–Crippen MR) is 73.6 cm³/mol. The van der Waals surface area contributed by atoms with E-state index < -0.39 is 0 Å². The summed E-state index contributed by atoms with van der Waals surface area (Å²) in [5, 5.41) is 0. The molecule has 0 aromatic carbocycles. The van der Waals surface area contributed by atoms with Gasteiger partial charge in [-0.15, -0.1) is 0 Å². The first kappa shape index (κ1) is 13.8. The van der Waals surface area contributed by atoms with E-state index in [9.17, 15) is 4.79 Å². The van der Waals surface area contributed by atoms with Crippen LogP contribution in [0, 0.1) is 0 Å². The molecule has 0 fully saturated rings. The van der Waals surface area contributed by atoms with Gasteiger partial charge in [-0.2, -0.15) is 0 Å². The molecule has 92 valence electrons. The summed E-state index contributed by atoms with van der Waals surface area (Å²) in [7, 11) is 1.61. The average molecular weight is 232 g/mol. The molecule has 2 nitrogen and oxygen atoms in total. The number of carbonyl (C=O) groups excluding carboxylic acids is 1. The zero-order valence-electron chi connectivity index (χ0n) is 11.1. The first-order chi connectivity index (χ1) is 8.19. The molecule has 0 spiro atoms.